The summed E-state index contributed by atoms with van der Waals surface area (Å²) >= 11 is 0. The Hall–Kier alpha value is -0.0800. The van der Waals surface area contributed by atoms with Gasteiger partial charge in [0, 0.05) is 0 Å². The van der Waals surface area contributed by atoms with Gasteiger partial charge in [-0.25, -0.2) is 0 Å². The monoisotopic (exact) mass is 173 g/mol. The first-order chi connectivity index (χ1) is 5.48. The molecule has 0 saturated heterocycles. The van der Waals surface area contributed by atoms with Gasteiger partial charge in [0.2, 0.25) is 0 Å². The van der Waals surface area contributed by atoms with E-state index in [9.17, 15) is 0 Å². The van der Waals surface area contributed by atoms with Crippen LogP contribution in [0.25, 0.3) is 0 Å². The van der Waals surface area contributed by atoms with Crippen molar-refractivity contribution in [3.8, 4) is 0 Å². The maximum absolute atomic E-state index is 5.58. The van der Waals surface area contributed by atoms with Crippen LogP contribution in [-0.4, -0.2) is 26.3 Å². The minimum atomic E-state index is 0.299. The van der Waals surface area contributed by atoms with Crippen LogP contribution in [0.4, 0.5) is 0 Å². The lowest BCUT2D eigenvalue weighted by molar-refractivity contribution is 0.0185. The van der Waals surface area contributed by atoms with Crippen molar-refractivity contribution in [3.05, 3.63) is 0 Å². The summed E-state index contributed by atoms with van der Waals surface area (Å²) in [4.78, 5) is 0. The molecule has 0 aromatic heterocycles. The Balaban J connectivity index is 3.56. The molecule has 0 heterocycles. The Bertz CT molecular complexity index is 110. The van der Waals surface area contributed by atoms with Crippen LogP contribution >= 0.6 is 0 Å². The van der Waals surface area contributed by atoms with Gasteiger partial charge in [0.15, 0.2) is 0 Å². The van der Waals surface area contributed by atoms with E-state index in [0.717, 1.165) is 19.6 Å². The standard InChI is InChI=1S/C10H23NO/c1-9(2)12-8-10(3,4)6-7-11-5/h9,11H,6-8H2,1-5H3. The molecule has 0 aliphatic carbocycles. The highest BCUT2D eigenvalue weighted by Gasteiger charge is 2.17. The molecule has 0 bridgehead atoms. The van der Waals surface area contributed by atoms with Crippen molar-refractivity contribution in [2.45, 2.75) is 40.2 Å². The van der Waals surface area contributed by atoms with Crippen molar-refractivity contribution in [1.29, 1.82) is 0 Å². The largest absolute Gasteiger partial charge is 0.378 e. The highest BCUT2D eigenvalue weighted by Crippen LogP contribution is 2.20. The average molecular weight is 173 g/mol. The molecule has 2 heteroatoms. The van der Waals surface area contributed by atoms with E-state index in [4.69, 9.17) is 4.74 Å². The molecular weight excluding hydrogens is 150 g/mol. The topological polar surface area (TPSA) is 21.3 Å². The van der Waals surface area contributed by atoms with E-state index < -0.39 is 0 Å². The van der Waals surface area contributed by atoms with Gasteiger partial charge in [-0.1, -0.05) is 13.8 Å². The van der Waals surface area contributed by atoms with Crippen LogP contribution in [0.15, 0.2) is 0 Å². The minimum absolute atomic E-state index is 0.299. The van der Waals surface area contributed by atoms with Crippen molar-refractivity contribution in [3.63, 3.8) is 0 Å². The molecule has 0 rings (SSSR count). The fourth-order valence-corrected chi connectivity index (χ4v) is 0.928. The number of hydrogen-bond acceptors (Lipinski definition) is 2. The van der Waals surface area contributed by atoms with Gasteiger partial charge < -0.3 is 10.1 Å². The molecule has 0 aromatic rings. The fraction of sp³-hybridized carbons (Fsp3) is 1.00. The van der Waals surface area contributed by atoms with E-state index >= 15 is 0 Å². The molecule has 0 atom stereocenters. The highest BCUT2D eigenvalue weighted by atomic mass is 16.5. The smallest absolute Gasteiger partial charge is 0.0521 e. The second kappa shape index (κ2) is 5.55. The molecule has 0 spiro atoms. The molecule has 0 aliphatic rings. The lowest BCUT2D eigenvalue weighted by Gasteiger charge is -2.25. The van der Waals surface area contributed by atoms with Crippen molar-refractivity contribution < 1.29 is 4.74 Å². The van der Waals surface area contributed by atoms with Gasteiger partial charge in [0.1, 0.15) is 0 Å². The van der Waals surface area contributed by atoms with E-state index in [2.05, 4.69) is 33.0 Å². The average Bonchev–Trinajstić information content (AvgIpc) is 1.98. The number of ether oxygens (including phenoxy) is 1. The van der Waals surface area contributed by atoms with E-state index in [1.54, 1.807) is 0 Å². The van der Waals surface area contributed by atoms with Gasteiger partial charge in [-0.05, 0) is 39.3 Å². The molecule has 0 saturated carbocycles. The summed E-state index contributed by atoms with van der Waals surface area (Å²) in [5.74, 6) is 0. The molecule has 1 N–H and O–H groups in total. The van der Waals surface area contributed by atoms with Gasteiger partial charge in [-0.2, -0.15) is 0 Å². The third-order valence-electron chi connectivity index (χ3n) is 1.86. The van der Waals surface area contributed by atoms with Gasteiger partial charge in [0.05, 0.1) is 12.7 Å². The van der Waals surface area contributed by atoms with Crippen LogP contribution < -0.4 is 5.32 Å². The zero-order valence-corrected chi connectivity index (χ0v) is 9.11. The van der Waals surface area contributed by atoms with Gasteiger partial charge in [-0.15, -0.1) is 0 Å². The van der Waals surface area contributed by atoms with Crippen LogP contribution in [0.1, 0.15) is 34.1 Å². The molecule has 0 radical (unpaired) electrons. The summed E-state index contributed by atoms with van der Waals surface area (Å²) in [5, 5.41) is 3.16. The van der Waals surface area contributed by atoms with Crippen molar-refractivity contribution >= 4 is 0 Å². The zero-order valence-electron chi connectivity index (χ0n) is 9.11. The molecule has 0 aliphatic heterocycles. The van der Waals surface area contributed by atoms with Crippen molar-refractivity contribution in [1.82, 2.24) is 5.32 Å². The molecule has 12 heavy (non-hydrogen) atoms. The van der Waals surface area contributed by atoms with Crippen molar-refractivity contribution in [2.24, 2.45) is 5.41 Å². The Labute approximate surface area is 76.7 Å². The Morgan fingerprint density at radius 3 is 2.33 bits per heavy atom. The Morgan fingerprint density at radius 2 is 1.92 bits per heavy atom. The summed E-state index contributed by atoms with van der Waals surface area (Å²) in [5.41, 5.74) is 0.299. The van der Waals surface area contributed by atoms with Crippen LogP contribution in [-0.2, 0) is 4.74 Å². The fourth-order valence-electron chi connectivity index (χ4n) is 0.928. The predicted molar refractivity (Wildman–Crippen MR) is 53.4 cm³/mol. The molecule has 0 amide bonds. The maximum atomic E-state index is 5.58. The summed E-state index contributed by atoms with van der Waals surface area (Å²) in [6.07, 6.45) is 1.51. The SMILES string of the molecule is CNCCC(C)(C)COC(C)C. The number of nitrogens with one attached hydrogen (secondary N) is 1. The first-order valence-corrected chi connectivity index (χ1v) is 4.74. The molecular formula is C10H23NO. The number of rotatable bonds is 6. The van der Waals surface area contributed by atoms with Crippen molar-refractivity contribution in [2.75, 3.05) is 20.2 Å². The first kappa shape index (κ1) is 11.9. The molecule has 2 nitrogen and oxygen atoms in total. The number of hydrogen-bond donors (Lipinski definition) is 1. The third-order valence-corrected chi connectivity index (χ3v) is 1.86. The van der Waals surface area contributed by atoms with Crippen LogP contribution in [0, 0.1) is 5.41 Å². The van der Waals surface area contributed by atoms with Gasteiger partial charge >= 0.3 is 0 Å². The molecule has 74 valence electrons. The molecule has 0 fully saturated rings. The van der Waals surface area contributed by atoms with Gasteiger partial charge in [0.25, 0.3) is 0 Å². The van der Waals surface area contributed by atoms with E-state index in [-0.39, 0.29) is 0 Å². The lowest BCUT2D eigenvalue weighted by Crippen LogP contribution is -2.26. The maximum Gasteiger partial charge on any atom is 0.0521 e. The Morgan fingerprint density at radius 1 is 1.33 bits per heavy atom. The van der Waals surface area contributed by atoms with Crippen LogP contribution in [0.5, 0.6) is 0 Å². The highest BCUT2D eigenvalue weighted by molar-refractivity contribution is 4.68. The predicted octanol–water partition coefficient (Wildman–Crippen LogP) is 2.05. The normalized spacial score (nSPS) is 12.5. The summed E-state index contributed by atoms with van der Waals surface area (Å²) in [6, 6.07) is 0. The Kier molecular flexibility index (Phi) is 5.51. The zero-order chi connectivity index (χ0) is 9.61. The van der Waals surface area contributed by atoms with Gasteiger partial charge in [-0.3, -0.25) is 0 Å². The third kappa shape index (κ3) is 6.62. The second-order valence-electron chi connectivity index (χ2n) is 4.38. The summed E-state index contributed by atoms with van der Waals surface area (Å²) in [7, 11) is 1.99. The minimum Gasteiger partial charge on any atom is -0.378 e. The van der Waals surface area contributed by atoms with Crippen LogP contribution in [0.3, 0.4) is 0 Å². The molecule has 0 unspecified atom stereocenters. The van der Waals surface area contributed by atoms with E-state index in [1.165, 1.54) is 0 Å². The first-order valence-electron chi connectivity index (χ1n) is 4.74. The molecule has 0 aromatic carbocycles. The van der Waals surface area contributed by atoms with E-state index in [0.29, 0.717) is 11.5 Å². The van der Waals surface area contributed by atoms with Crippen LogP contribution in [0.2, 0.25) is 0 Å². The second-order valence-corrected chi connectivity index (χ2v) is 4.38. The summed E-state index contributed by atoms with van der Waals surface area (Å²) in [6.45, 7) is 10.6. The van der Waals surface area contributed by atoms with E-state index in [1.807, 2.05) is 7.05 Å². The quantitative estimate of drug-likeness (QED) is 0.663. The summed E-state index contributed by atoms with van der Waals surface area (Å²) < 4.78 is 5.58. The lowest BCUT2D eigenvalue weighted by atomic mass is 9.90.